The van der Waals surface area contributed by atoms with E-state index in [0.29, 0.717) is 24.3 Å². The van der Waals surface area contributed by atoms with Gasteiger partial charge >= 0.3 is 6.18 Å². The molecule has 2 nitrogen and oxygen atoms in total. The zero-order valence-electron chi connectivity index (χ0n) is 9.71. The Morgan fingerprint density at radius 1 is 1.18 bits per heavy atom. The number of benzene rings is 1. The standard InChI is InChI=1S/C12H14F3NO/c1-3-11(16-17-4-2)9-5-7-10(8-6-9)12(13,14)15/h5-8H,3-4H2,1-2H3. The van der Waals surface area contributed by atoms with Crippen molar-refractivity contribution >= 4 is 5.71 Å². The van der Waals surface area contributed by atoms with Crippen molar-refractivity contribution in [2.24, 2.45) is 5.16 Å². The lowest BCUT2D eigenvalue weighted by molar-refractivity contribution is -0.137. The van der Waals surface area contributed by atoms with Crippen molar-refractivity contribution in [1.29, 1.82) is 0 Å². The van der Waals surface area contributed by atoms with Crippen LogP contribution in [0, 0.1) is 0 Å². The Morgan fingerprint density at radius 2 is 1.76 bits per heavy atom. The van der Waals surface area contributed by atoms with Crippen LogP contribution in [0.3, 0.4) is 0 Å². The van der Waals surface area contributed by atoms with Gasteiger partial charge in [0.2, 0.25) is 0 Å². The molecular weight excluding hydrogens is 231 g/mol. The van der Waals surface area contributed by atoms with Gasteiger partial charge in [0.25, 0.3) is 0 Å². The fourth-order valence-corrected chi connectivity index (χ4v) is 1.32. The molecule has 0 saturated carbocycles. The molecule has 1 rings (SSSR count). The Hall–Kier alpha value is -1.52. The van der Waals surface area contributed by atoms with Crippen LogP contribution in [0.25, 0.3) is 0 Å². The molecule has 1 aromatic rings. The first-order valence-corrected chi connectivity index (χ1v) is 5.35. The Kier molecular flexibility index (Phi) is 4.54. The molecule has 5 heteroatoms. The minimum atomic E-state index is -4.30. The molecule has 0 aliphatic carbocycles. The summed E-state index contributed by atoms with van der Waals surface area (Å²) in [6, 6.07) is 4.91. The van der Waals surface area contributed by atoms with Crippen LogP contribution in [0.5, 0.6) is 0 Å². The average molecular weight is 245 g/mol. The van der Waals surface area contributed by atoms with E-state index < -0.39 is 11.7 Å². The normalized spacial score (nSPS) is 12.6. The summed E-state index contributed by atoms with van der Waals surface area (Å²) in [5, 5.41) is 3.86. The van der Waals surface area contributed by atoms with E-state index in [1.807, 2.05) is 6.92 Å². The molecule has 0 spiro atoms. The topological polar surface area (TPSA) is 21.6 Å². The number of hydrogen-bond donors (Lipinski definition) is 0. The molecular formula is C12H14F3NO. The Morgan fingerprint density at radius 3 is 2.18 bits per heavy atom. The second-order valence-corrected chi connectivity index (χ2v) is 3.38. The van der Waals surface area contributed by atoms with Crippen molar-refractivity contribution < 1.29 is 18.0 Å². The van der Waals surface area contributed by atoms with Gasteiger partial charge in [-0.1, -0.05) is 24.2 Å². The summed E-state index contributed by atoms with van der Waals surface area (Å²) in [4.78, 5) is 4.90. The van der Waals surface area contributed by atoms with Gasteiger partial charge in [-0.25, -0.2) is 0 Å². The molecule has 0 saturated heterocycles. The summed E-state index contributed by atoms with van der Waals surface area (Å²) in [5.74, 6) is 0. The first kappa shape index (κ1) is 13.5. The maximum atomic E-state index is 12.4. The smallest absolute Gasteiger partial charge is 0.396 e. The Balaban J connectivity index is 2.93. The summed E-state index contributed by atoms with van der Waals surface area (Å²) < 4.78 is 37.1. The highest BCUT2D eigenvalue weighted by molar-refractivity contribution is 6.00. The van der Waals surface area contributed by atoms with Crippen molar-refractivity contribution in [1.82, 2.24) is 0 Å². The molecule has 0 aliphatic heterocycles. The van der Waals surface area contributed by atoms with E-state index in [9.17, 15) is 13.2 Å². The molecule has 0 bridgehead atoms. The molecule has 0 atom stereocenters. The van der Waals surface area contributed by atoms with Gasteiger partial charge < -0.3 is 4.84 Å². The van der Waals surface area contributed by atoms with E-state index in [-0.39, 0.29) is 0 Å². The number of oxime groups is 1. The van der Waals surface area contributed by atoms with E-state index in [1.54, 1.807) is 6.92 Å². The van der Waals surface area contributed by atoms with Gasteiger partial charge in [-0.3, -0.25) is 0 Å². The molecule has 0 fully saturated rings. The average Bonchev–Trinajstić information content (AvgIpc) is 2.29. The first-order valence-electron chi connectivity index (χ1n) is 5.35. The number of nitrogens with zero attached hydrogens (tertiary/aromatic N) is 1. The quantitative estimate of drug-likeness (QED) is 0.583. The van der Waals surface area contributed by atoms with Crippen molar-refractivity contribution in [3.05, 3.63) is 35.4 Å². The maximum absolute atomic E-state index is 12.4. The van der Waals surface area contributed by atoms with Gasteiger partial charge in [-0.2, -0.15) is 13.2 Å². The minimum absolute atomic E-state index is 0.435. The highest BCUT2D eigenvalue weighted by Gasteiger charge is 2.30. The summed E-state index contributed by atoms with van der Waals surface area (Å²) in [7, 11) is 0. The lowest BCUT2D eigenvalue weighted by Gasteiger charge is -2.08. The largest absolute Gasteiger partial charge is 0.416 e. The van der Waals surface area contributed by atoms with Crippen LogP contribution in [0.4, 0.5) is 13.2 Å². The van der Waals surface area contributed by atoms with Crippen LogP contribution in [-0.2, 0) is 11.0 Å². The Labute approximate surface area is 98.1 Å². The molecule has 0 amide bonds. The second-order valence-electron chi connectivity index (χ2n) is 3.38. The van der Waals surface area contributed by atoms with Gasteiger partial charge in [-0.15, -0.1) is 0 Å². The van der Waals surface area contributed by atoms with Crippen LogP contribution >= 0.6 is 0 Å². The lowest BCUT2D eigenvalue weighted by Crippen LogP contribution is -2.06. The molecule has 0 aromatic heterocycles. The molecule has 17 heavy (non-hydrogen) atoms. The van der Waals surface area contributed by atoms with E-state index >= 15 is 0 Å². The molecule has 0 unspecified atom stereocenters. The highest BCUT2D eigenvalue weighted by atomic mass is 19.4. The van der Waals surface area contributed by atoms with Gasteiger partial charge in [-0.05, 0) is 31.0 Å². The number of alkyl halides is 3. The van der Waals surface area contributed by atoms with Crippen LogP contribution in [-0.4, -0.2) is 12.3 Å². The minimum Gasteiger partial charge on any atom is -0.396 e. The van der Waals surface area contributed by atoms with Gasteiger partial charge in [0.05, 0.1) is 11.3 Å². The monoisotopic (exact) mass is 245 g/mol. The third kappa shape index (κ3) is 3.76. The van der Waals surface area contributed by atoms with E-state index in [4.69, 9.17) is 4.84 Å². The van der Waals surface area contributed by atoms with Crippen molar-refractivity contribution in [2.75, 3.05) is 6.61 Å². The molecule has 94 valence electrons. The number of halogens is 3. The number of hydrogen-bond acceptors (Lipinski definition) is 2. The fourth-order valence-electron chi connectivity index (χ4n) is 1.32. The predicted octanol–water partition coefficient (Wildman–Crippen LogP) is 3.86. The van der Waals surface area contributed by atoms with E-state index in [2.05, 4.69) is 5.16 Å². The summed E-state index contributed by atoms with van der Waals surface area (Å²) in [5.41, 5.74) is 0.627. The van der Waals surface area contributed by atoms with Crippen molar-refractivity contribution in [3.63, 3.8) is 0 Å². The number of rotatable bonds is 4. The van der Waals surface area contributed by atoms with Crippen LogP contribution in [0.1, 0.15) is 31.4 Å². The van der Waals surface area contributed by atoms with Gasteiger partial charge in [0.15, 0.2) is 0 Å². The summed E-state index contributed by atoms with van der Waals surface area (Å²) >= 11 is 0. The molecule has 1 aromatic carbocycles. The van der Waals surface area contributed by atoms with E-state index in [1.165, 1.54) is 12.1 Å². The zero-order valence-corrected chi connectivity index (χ0v) is 9.71. The van der Waals surface area contributed by atoms with Crippen LogP contribution < -0.4 is 0 Å². The SMILES string of the molecule is CCON=C(CC)c1ccc(C(F)(F)F)cc1. The Bertz CT molecular complexity index is 382. The molecule has 0 N–H and O–H groups in total. The molecule has 0 aliphatic rings. The lowest BCUT2D eigenvalue weighted by atomic mass is 10.1. The molecule has 0 radical (unpaired) electrons. The van der Waals surface area contributed by atoms with Gasteiger partial charge in [0, 0.05) is 0 Å². The van der Waals surface area contributed by atoms with Crippen LogP contribution in [0.2, 0.25) is 0 Å². The zero-order chi connectivity index (χ0) is 12.9. The van der Waals surface area contributed by atoms with E-state index in [0.717, 1.165) is 12.1 Å². The first-order chi connectivity index (χ1) is 7.99. The predicted molar refractivity (Wildman–Crippen MR) is 59.9 cm³/mol. The van der Waals surface area contributed by atoms with Crippen molar-refractivity contribution in [3.8, 4) is 0 Å². The maximum Gasteiger partial charge on any atom is 0.416 e. The fraction of sp³-hybridized carbons (Fsp3) is 0.417. The second kappa shape index (κ2) is 5.70. The summed E-state index contributed by atoms with van der Waals surface area (Å²) in [6.45, 7) is 4.10. The third-order valence-electron chi connectivity index (χ3n) is 2.18. The van der Waals surface area contributed by atoms with Crippen LogP contribution in [0.15, 0.2) is 29.4 Å². The highest BCUT2D eigenvalue weighted by Crippen LogP contribution is 2.29. The molecule has 0 heterocycles. The summed E-state index contributed by atoms with van der Waals surface area (Å²) in [6.07, 6.45) is -3.70. The third-order valence-corrected chi connectivity index (χ3v) is 2.18. The van der Waals surface area contributed by atoms with Gasteiger partial charge in [0.1, 0.15) is 6.61 Å². The van der Waals surface area contributed by atoms with Crippen molar-refractivity contribution in [2.45, 2.75) is 26.4 Å².